The highest BCUT2D eigenvalue weighted by Gasteiger charge is 2.29. The molecule has 0 heterocycles. The number of esters is 1. The topological polar surface area (TPSA) is 98.5 Å². The number of anilines is 1. The van der Waals surface area contributed by atoms with Crippen molar-refractivity contribution < 1.29 is 22.3 Å². The fourth-order valence-corrected chi connectivity index (χ4v) is 4.66. The van der Waals surface area contributed by atoms with Crippen LogP contribution < -0.4 is 10.5 Å². The van der Waals surface area contributed by atoms with Gasteiger partial charge in [-0.25, -0.2) is 22.3 Å². The number of rotatable bonds is 4. The molecule has 26 heavy (non-hydrogen) atoms. The van der Waals surface area contributed by atoms with Gasteiger partial charge in [-0.3, -0.25) is 0 Å². The highest BCUT2D eigenvalue weighted by atomic mass is 32.2. The molecule has 3 rings (SSSR count). The Bertz CT molecular complexity index is 960. The van der Waals surface area contributed by atoms with Crippen molar-refractivity contribution in [2.75, 3.05) is 12.8 Å². The second kappa shape index (κ2) is 7.05. The van der Waals surface area contributed by atoms with E-state index in [1.165, 1.54) is 0 Å². The quantitative estimate of drug-likeness (QED) is 0.629. The molecule has 1 aliphatic carbocycles. The van der Waals surface area contributed by atoms with Gasteiger partial charge in [0.25, 0.3) is 0 Å². The molecule has 1 aliphatic rings. The summed E-state index contributed by atoms with van der Waals surface area (Å²) in [5, 5.41) is 0. The number of hydrogen-bond donors (Lipinski definition) is 2. The third kappa shape index (κ3) is 3.56. The molecule has 6 nitrogen and oxygen atoms in total. The average molecular weight is 378 g/mol. The number of methoxy groups -OCH3 is 1. The number of carbonyl (C=O) groups is 1. The number of hydrogen-bond acceptors (Lipinski definition) is 5. The molecule has 0 spiro atoms. The van der Waals surface area contributed by atoms with E-state index in [0.29, 0.717) is 12.1 Å². The number of sulfonamides is 1. The number of fused-ring (bicyclic) bond motifs is 1. The number of nitrogens with one attached hydrogen (secondary N) is 1. The Labute approximate surface area is 151 Å². The Morgan fingerprint density at radius 1 is 1.27 bits per heavy atom. The number of benzene rings is 2. The van der Waals surface area contributed by atoms with Crippen LogP contribution in [0.5, 0.6) is 0 Å². The van der Waals surface area contributed by atoms with Crippen LogP contribution in [0.25, 0.3) is 0 Å². The maximum absolute atomic E-state index is 13.6. The maximum atomic E-state index is 13.6. The van der Waals surface area contributed by atoms with Crippen LogP contribution in [0.3, 0.4) is 0 Å². The van der Waals surface area contributed by atoms with E-state index in [0.717, 1.165) is 49.3 Å². The third-order valence-electron chi connectivity index (χ3n) is 4.42. The molecule has 0 fully saturated rings. The molecule has 0 aliphatic heterocycles. The minimum atomic E-state index is -4.14. The fraction of sp³-hybridized carbons (Fsp3) is 0.278. The van der Waals surface area contributed by atoms with Gasteiger partial charge in [-0.05, 0) is 60.7 Å². The van der Waals surface area contributed by atoms with Crippen LogP contribution in [0.15, 0.2) is 41.3 Å². The van der Waals surface area contributed by atoms with Crippen molar-refractivity contribution in [3.05, 3.63) is 58.9 Å². The lowest BCUT2D eigenvalue weighted by molar-refractivity contribution is 0.0596. The summed E-state index contributed by atoms with van der Waals surface area (Å²) in [6.07, 6.45) is 2.20. The van der Waals surface area contributed by atoms with Crippen LogP contribution in [-0.2, 0) is 21.2 Å². The second-order valence-corrected chi connectivity index (χ2v) is 7.84. The highest BCUT2D eigenvalue weighted by molar-refractivity contribution is 7.89. The van der Waals surface area contributed by atoms with Crippen LogP contribution in [0.2, 0.25) is 0 Å². The van der Waals surface area contributed by atoms with Gasteiger partial charge in [0.2, 0.25) is 10.0 Å². The number of carbonyl (C=O) groups excluding carboxylic acids is 1. The molecule has 0 bridgehead atoms. The van der Waals surface area contributed by atoms with E-state index in [4.69, 9.17) is 5.73 Å². The van der Waals surface area contributed by atoms with Crippen molar-refractivity contribution in [2.24, 2.45) is 0 Å². The number of nitrogens with two attached hydrogens (primary N) is 1. The first-order valence-corrected chi connectivity index (χ1v) is 9.58. The van der Waals surface area contributed by atoms with E-state index in [9.17, 15) is 17.6 Å². The van der Waals surface area contributed by atoms with E-state index in [2.05, 4.69) is 9.46 Å². The maximum Gasteiger partial charge on any atom is 0.339 e. The molecular weight excluding hydrogens is 359 g/mol. The van der Waals surface area contributed by atoms with Crippen molar-refractivity contribution in [3.8, 4) is 0 Å². The summed E-state index contributed by atoms with van der Waals surface area (Å²) in [4.78, 5) is 11.4. The molecule has 138 valence electrons. The number of ether oxygens (including phenoxy) is 1. The Hall–Kier alpha value is -2.45. The average Bonchev–Trinajstić information content (AvgIpc) is 2.60. The van der Waals surface area contributed by atoms with Crippen molar-refractivity contribution in [3.63, 3.8) is 0 Å². The molecule has 1 unspecified atom stereocenters. The van der Waals surface area contributed by atoms with Crippen LogP contribution in [0.4, 0.5) is 10.1 Å². The van der Waals surface area contributed by atoms with Gasteiger partial charge >= 0.3 is 5.97 Å². The monoisotopic (exact) mass is 378 g/mol. The Kier molecular flexibility index (Phi) is 4.97. The standard InChI is InChI=1S/C18H19FN2O4S/c1-25-18(22)15-7-5-12(19)10-17(15)26(23,24)21-16-4-2-3-11-9-13(20)6-8-14(11)16/h5-10,16,21H,2-4,20H2,1H3. The molecule has 3 N–H and O–H groups in total. The smallest absolute Gasteiger partial charge is 0.339 e. The first-order valence-electron chi connectivity index (χ1n) is 8.10. The predicted molar refractivity (Wildman–Crippen MR) is 94.6 cm³/mol. The first kappa shape index (κ1) is 18.3. The third-order valence-corrected chi connectivity index (χ3v) is 5.93. The van der Waals surface area contributed by atoms with E-state index in [1.54, 1.807) is 12.1 Å². The molecule has 0 saturated heterocycles. The Balaban J connectivity index is 1.99. The van der Waals surface area contributed by atoms with Gasteiger partial charge in [0.05, 0.1) is 17.6 Å². The lowest BCUT2D eigenvalue weighted by Crippen LogP contribution is -2.32. The lowest BCUT2D eigenvalue weighted by Gasteiger charge is -2.26. The van der Waals surface area contributed by atoms with E-state index >= 15 is 0 Å². The van der Waals surface area contributed by atoms with Gasteiger partial charge in [-0.1, -0.05) is 6.07 Å². The zero-order valence-corrected chi connectivity index (χ0v) is 15.0. The van der Waals surface area contributed by atoms with Gasteiger partial charge in [0.15, 0.2) is 0 Å². The minimum absolute atomic E-state index is 0.213. The van der Waals surface area contributed by atoms with E-state index in [-0.39, 0.29) is 5.56 Å². The number of aryl methyl sites for hydroxylation is 1. The second-order valence-electron chi connectivity index (χ2n) is 6.16. The largest absolute Gasteiger partial charge is 0.465 e. The van der Waals surface area contributed by atoms with Gasteiger partial charge in [0, 0.05) is 11.7 Å². The van der Waals surface area contributed by atoms with Crippen LogP contribution in [0.1, 0.15) is 40.4 Å². The molecule has 0 saturated carbocycles. The van der Waals surface area contributed by atoms with Crippen LogP contribution >= 0.6 is 0 Å². The molecule has 1 atom stereocenters. The molecule has 8 heteroatoms. The molecule has 0 radical (unpaired) electrons. The highest BCUT2D eigenvalue weighted by Crippen LogP contribution is 2.32. The van der Waals surface area contributed by atoms with Gasteiger partial charge in [-0.2, -0.15) is 0 Å². The van der Waals surface area contributed by atoms with E-state index in [1.807, 2.05) is 6.07 Å². The first-order chi connectivity index (χ1) is 12.3. The molecule has 2 aromatic carbocycles. The van der Waals surface area contributed by atoms with Crippen molar-refractivity contribution >= 4 is 21.7 Å². The molecule has 2 aromatic rings. The summed E-state index contributed by atoms with van der Waals surface area (Å²) in [5.74, 6) is -1.60. The van der Waals surface area contributed by atoms with Crippen LogP contribution in [0, 0.1) is 5.82 Å². The zero-order chi connectivity index (χ0) is 18.9. The lowest BCUT2D eigenvalue weighted by atomic mass is 9.88. The Morgan fingerprint density at radius 2 is 2.04 bits per heavy atom. The fourth-order valence-electron chi connectivity index (χ4n) is 3.20. The van der Waals surface area contributed by atoms with Crippen molar-refractivity contribution in [2.45, 2.75) is 30.2 Å². The predicted octanol–water partition coefficient (Wildman–Crippen LogP) is 2.55. The summed E-state index contributed by atoms with van der Waals surface area (Å²) in [7, 11) is -3.01. The molecular formula is C18H19FN2O4S. The van der Waals surface area contributed by atoms with E-state index < -0.39 is 32.7 Å². The summed E-state index contributed by atoms with van der Waals surface area (Å²) >= 11 is 0. The normalized spacial score (nSPS) is 16.8. The summed E-state index contributed by atoms with van der Waals surface area (Å²) in [5.41, 5.74) is 8.02. The number of nitrogen functional groups attached to an aromatic ring is 1. The van der Waals surface area contributed by atoms with Crippen molar-refractivity contribution in [1.29, 1.82) is 0 Å². The number of halogens is 1. The van der Waals surface area contributed by atoms with Gasteiger partial charge in [-0.15, -0.1) is 0 Å². The van der Waals surface area contributed by atoms with Gasteiger partial charge in [0.1, 0.15) is 5.82 Å². The molecule has 0 aromatic heterocycles. The summed E-state index contributed by atoms with van der Waals surface area (Å²) < 4.78 is 46.6. The van der Waals surface area contributed by atoms with Crippen LogP contribution in [-0.4, -0.2) is 21.5 Å². The minimum Gasteiger partial charge on any atom is -0.465 e. The SMILES string of the molecule is COC(=O)c1ccc(F)cc1S(=O)(=O)NC1CCCc2cc(N)ccc21. The molecule has 0 amide bonds. The Morgan fingerprint density at radius 3 is 2.77 bits per heavy atom. The van der Waals surface area contributed by atoms with Crippen molar-refractivity contribution in [1.82, 2.24) is 4.72 Å². The summed E-state index contributed by atoms with van der Waals surface area (Å²) in [6.45, 7) is 0. The van der Waals surface area contributed by atoms with Gasteiger partial charge < -0.3 is 10.5 Å². The summed E-state index contributed by atoms with van der Waals surface area (Å²) in [6, 6.07) is 7.81. The zero-order valence-electron chi connectivity index (χ0n) is 14.2.